The molecule has 0 atom stereocenters. The van der Waals surface area contributed by atoms with Crippen molar-refractivity contribution in [1.29, 1.82) is 0 Å². The number of hydrogen-bond acceptors (Lipinski definition) is 0. The molecule has 0 fully saturated rings. The molecule has 0 nitrogen and oxygen atoms in total. The van der Waals surface area contributed by atoms with Gasteiger partial charge in [-0.1, -0.05) is 158 Å². The lowest BCUT2D eigenvalue weighted by atomic mass is 9.83. The van der Waals surface area contributed by atoms with Crippen LogP contribution in [0.4, 0.5) is 0 Å². The summed E-state index contributed by atoms with van der Waals surface area (Å²) in [5, 5.41) is 5.13. The summed E-state index contributed by atoms with van der Waals surface area (Å²) in [4.78, 5) is 0. The summed E-state index contributed by atoms with van der Waals surface area (Å²) in [5.74, 6) is 0. The van der Waals surface area contributed by atoms with Crippen LogP contribution in [-0.2, 0) is 0 Å². The molecule has 0 N–H and O–H groups in total. The first kappa shape index (κ1) is 22.3. The van der Waals surface area contributed by atoms with Crippen LogP contribution in [0.5, 0.6) is 0 Å². The van der Waals surface area contributed by atoms with Crippen LogP contribution >= 0.6 is 0 Å². The van der Waals surface area contributed by atoms with E-state index < -0.39 is 0 Å². The molecule has 7 aromatic carbocycles. The molecule has 0 saturated heterocycles. The average Bonchev–Trinajstić information content (AvgIpc) is 3.01. The second-order valence-corrected chi connectivity index (χ2v) is 9.70. The Balaban J connectivity index is 1.58. The molecule has 0 heterocycles. The second-order valence-electron chi connectivity index (χ2n) is 9.70. The molecule has 0 spiro atoms. The molecule has 0 bridgehead atoms. The number of rotatable bonds is 4. The molecular formula is C38H26. The van der Waals surface area contributed by atoms with Crippen molar-refractivity contribution in [3.05, 3.63) is 158 Å². The number of hydrogen-bond donors (Lipinski definition) is 0. The quantitative estimate of drug-likeness (QED) is 0.219. The SMILES string of the molecule is c1ccc(-c2ccc(-c3cccc4c(-c5ccccc5)c5ccccc5c(-c5ccccc5)c34)cc2)cc1. The van der Waals surface area contributed by atoms with Gasteiger partial charge < -0.3 is 0 Å². The van der Waals surface area contributed by atoms with Crippen LogP contribution in [0.3, 0.4) is 0 Å². The first-order valence-corrected chi connectivity index (χ1v) is 13.1. The highest BCUT2D eigenvalue weighted by Gasteiger charge is 2.19. The zero-order valence-corrected chi connectivity index (χ0v) is 21.0. The second kappa shape index (κ2) is 9.50. The van der Waals surface area contributed by atoms with Crippen molar-refractivity contribution in [3.8, 4) is 44.5 Å². The number of fused-ring (bicyclic) bond motifs is 2. The van der Waals surface area contributed by atoms with Gasteiger partial charge in [0.2, 0.25) is 0 Å². The van der Waals surface area contributed by atoms with Crippen molar-refractivity contribution < 1.29 is 0 Å². The summed E-state index contributed by atoms with van der Waals surface area (Å²) in [6, 6.07) is 56.9. The molecule has 0 amide bonds. The maximum Gasteiger partial charge on any atom is -0.00141 e. The third-order valence-corrected chi connectivity index (χ3v) is 7.48. The molecule has 7 rings (SSSR count). The fourth-order valence-corrected chi connectivity index (χ4v) is 5.76. The third-order valence-electron chi connectivity index (χ3n) is 7.48. The Bertz CT molecular complexity index is 1870. The van der Waals surface area contributed by atoms with E-state index in [0.717, 1.165) is 0 Å². The normalized spacial score (nSPS) is 11.2. The fourth-order valence-electron chi connectivity index (χ4n) is 5.76. The van der Waals surface area contributed by atoms with Crippen LogP contribution in [0.15, 0.2) is 158 Å². The zero-order chi connectivity index (χ0) is 25.3. The van der Waals surface area contributed by atoms with Crippen LogP contribution in [0.1, 0.15) is 0 Å². The van der Waals surface area contributed by atoms with E-state index in [1.165, 1.54) is 66.1 Å². The minimum absolute atomic E-state index is 1.22. The van der Waals surface area contributed by atoms with Crippen LogP contribution in [0.25, 0.3) is 66.1 Å². The minimum Gasteiger partial charge on any atom is -0.0622 e. The van der Waals surface area contributed by atoms with E-state index >= 15 is 0 Å². The summed E-state index contributed by atoms with van der Waals surface area (Å²) in [7, 11) is 0. The predicted octanol–water partition coefficient (Wildman–Crippen LogP) is 10.7. The molecule has 0 aliphatic heterocycles. The van der Waals surface area contributed by atoms with Gasteiger partial charge in [0, 0.05) is 0 Å². The van der Waals surface area contributed by atoms with Gasteiger partial charge in [-0.3, -0.25) is 0 Å². The van der Waals surface area contributed by atoms with Gasteiger partial charge in [-0.15, -0.1) is 0 Å². The maximum atomic E-state index is 2.29. The van der Waals surface area contributed by atoms with Gasteiger partial charge >= 0.3 is 0 Å². The van der Waals surface area contributed by atoms with Gasteiger partial charge in [0.1, 0.15) is 0 Å². The van der Waals surface area contributed by atoms with Gasteiger partial charge in [-0.05, 0) is 66.1 Å². The van der Waals surface area contributed by atoms with E-state index in [9.17, 15) is 0 Å². The Hall–Kier alpha value is -4.94. The van der Waals surface area contributed by atoms with Crippen LogP contribution < -0.4 is 0 Å². The molecule has 7 aromatic rings. The van der Waals surface area contributed by atoms with E-state index in [1.807, 2.05) is 0 Å². The lowest BCUT2D eigenvalue weighted by Crippen LogP contribution is -1.93. The van der Waals surface area contributed by atoms with Crippen molar-refractivity contribution in [2.45, 2.75) is 0 Å². The van der Waals surface area contributed by atoms with Gasteiger partial charge in [0.25, 0.3) is 0 Å². The summed E-state index contributed by atoms with van der Waals surface area (Å²) in [6.07, 6.45) is 0. The lowest BCUT2D eigenvalue weighted by Gasteiger charge is -2.20. The average molecular weight is 483 g/mol. The Labute approximate surface area is 223 Å². The topological polar surface area (TPSA) is 0 Å². The van der Waals surface area contributed by atoms with Crippen molar-refractivity contribution in [1.82, 2.24) is 0 Å². The molecular weight excluding hydrogens is 456 g/mol. The smallest absolute Gasteiger partial charge is 0.00141 e. The van der Waals surface area contributed by atoms with Gasteiger partial charge in [0.05, 0.1) is 0 Å². The number of benzene rings is 7. The highest BCUT2D eigenvalue weighted by molar-refractivity contribution is 6.24. The van der Waals surface area contributed by atoms with Gasteiger partial charge in [0.15, 0.2) is 0 Å². The highest BCUT2D eigenvalue weighted by Crippen LogP contribution is 2.46. The molecule has 0 aliphatic rings. The summed E-state index contributed by atoms with van der Waals surface area (Å²) in [6.45, 7) is 0. The van der Waals surface area contributed by atoms with Crippen molar-refractivity contribution in [2.75, 3.05) is 0 Å². The van der Waals surface area contributed by atoms with Gasteiger partial charge in [-0.25, -0.2) is 0 Å². The molecule has 0 unspecified atom stereocenters. The first-order chi connectivity index (χ1) is 18.9. The van der Waals surface area contributed by atoms with E-state index in [-0.39, 0.29) is 0 Å². The third kappa shape index (κ3) is 3.79. The molecule has 178 valence electrons. The molecule has 0 saturated carbocycles. The summed E-state index contributed by atoms with van der Waals surface area (Å²) >= 11 is 0. The molecule has 0 aromatic heterocycles. The maximum absolute atomic E-state index is 2.29. The fraction of sp³-hybridized carbons (Fsp3) is 0. The monoisotopic (exact) mass is 482 g/mol. The Morgan fingerprint density at radius 1 is 0.237 bits per heavy atom. The highest BCUT2D eigenvalue weighted by atomic mass is 14.2. The Kier molecular flexibility index (Phi) is 5.57. The Morgan fingerprint density at radius 3 is 1.26 bits per heavy atom. The van der Waals surface area contributed by atoms with Crippen LogP contribution in [-0.4, -0.2) is 0 Å². The molecule has 38 heavy (non-hydrogen) atoms. The lowest BCUT2D eigenvalue weighted by molar-refractivity contribution is 1.60. The van der Waals surface area contributed by atoms with E-state index in [1.54, 1.807) is 0 Å². The van der Waals surface area contributed by atoms with Crippen LogP contribution in [0, 0.1) is 0 Å². The van der Waals surface area contributed by atoms with E-state index in [2.05, 4.69) is 158 Å². The molecule has 0 radical (unpaired) electrons. The summed E-state index contributed by atoms with van der Waals surface area (Å²) in [5.41, 5.74) is 10.0. The van der Waals surface area contributed by atoms with Crippen molar-refractivity contribution >= 4 is 21.5 Å². The first-order valence-electron chi connectivity index (χ1n) is 13.1. The summed E-state index contributed by atoms with van der Waals surface area (Å²) < 4.78 is 0. The van der Waals surface area contributed by atoms with Crippen molar-refractivity contribution in [2.24, 2.45) is 0 Å². The van der Waals surface area contributed by atoms with E-state index in [0.29, 0.717) is 0 Å². The largest absolute Gasteiger partial charge is 0.0622 e. The standard InChI is InChI=1S/C38H26/c1-4-13-27(14-5-1)28-23-25-29(26-24-28)32-21-12-22-35-36(30-15-6-2-7-16-30)33-19-10-11-20-34(33)37(38(32)35)31-17-8-3-9-18-31/h1-26H. The van der Waals surface area contributed by atoms with Crippen LogP contribution in [0.2, 0.25) is 0 Å². The van der Waals surface area contributed by atoms with E-state index in [4.69, 9.17) is 0 Å². The minimum atomic E-state index is 1.22. The molecule has 0 heteroatoms. The Morgan fingerprint density at radius 2 is 0.658 bits per heavy atom. The van der Waals surface area contributed by atoms with Gasteiger partial charge in [-0.2, -0.15) is 0 Å². The van der Waals surface area contributed by atoms with Crippen molar-refractivity contribution in [3.63, 3.8) is 0 Å². The molecule has 0 aliphatic carbocycles. The zero-order valence-electron chi connectivity index (χ0n) is 21.0. The predicted molar refractivity (Wildman–Crippen MR) is 163 cm³/mol.